The fraction of sp³-hybridized carbons (Fsp3) is 0.192. The minimum atomic E-state index is -0.0891. The van der Waals surface area contributed by atoms with Crippen molar-refractivity contribution in [1.82, 2.24) is 20.2 Å². The first-order chi connectivity index (χ1) is 15.1. The number of pyridine rings is 2. The smallest absolute Gasteiger partial charge is 0.252 e. The molecule has 31 heavy (non-hydrogen) atoms. The van der Waals surface area contributed by atoms with Crippen molar-refractivity contribution < 1.29 is 4.79 Å². The topological polar surface area (TPSA) is 58.1 Å². The maximum absolute atomic E-state index is 13.3. The average Bonchev–Trinajstić information content (AvgIpc) is 2.82. The molecule has 5 heteroatoms. The zero-order valence-electron chi connectivity index (χ0n) is 17.8. The van der Waals surface area contributed by atoms with Gasteiger partial charge in [0, 0.05) is 35.9 Å². The lowest BCUT2D eigenvalue weighted by atomic mass is 10.0. The Bertz CT molecular complexity index is 1160. The molecule has 0 fully saturated rings. The van der Waals surface area contributed by atoms with Crippen LogP contribution in [0.5, 0.6) is 0 Å². The van der Waals surface area contributed by atoms with Crippen molar-refractivity contribution in [2.75, 3.05) is 20.6 Å². The molecule has 0 aliphatic heterocycles. The van der Waals surface area contributed by atoms with Crippen LogP contribution in [0.3, 0.4) is 0 Å². The van der Waals surface area contributed by atoms with Crippen LogP contribution in [0, 0.1) is 0 Å². The van der Waals surface area contributed by atoms with E-state index in [1.807, 2.05) is 74.8 Å². The minimum Gasteiger partial charge on any atom is -0.350 e. The largest absolute Gasteiger partial charge is 0.350 e. The summed E-state index contributed by atoms with van der Waals surface area (Å²) in [4.78, 5) is 24.2. The van der Waals surface area contributed by atoms with Gasteiger partial charge in [-0.25, -0.2) is 4.98 Å². The molecule has 0 aliphatic rings. The van der Waals surface area contributed by atoms with Crippen molar-refractivity contribution in [3.05, 3.63) is 96.3 Å². The molecule has 1 N–H and O–H groups in total. The van der Waals surface area contributed by atoms with Crippen LogP contribution in [0.15, 0.2) is 85.2 Å². The molecule has 0 saturated heterocycles. The Morgan fingerprint density at radius 1 is 0.968 bits per heavy atom. The highest BCUT2D eigenvalue weighted by atomic mass is 16.1. The molecule has 1 amide bonds. The van der Waals surface area contributed by atoms with Gasteiger partial charge in [0.1, 0.15) is 0 Å². The number of benzene rings is 2. The first-order valence-corrected chi connectivity index (χ1v) is 10.4. The molecule has 0 spiro atoms. The van der Waals surface area contributed by atoms with Crippen molar-refractivity contribution in [3.8, 4) is 11.3 Å². The maximum atomic E-state index is 13.3. The fourth-order valence-corrected chi connectivity index (χ4v) is 3.66. The van der Waals surface area contributed by atoms with E-state index < -0.39 is 0 Å². The maximum Gasteiger partial charge on any atom is 0.252 e. The van der Waals surface area contributed by atoms with Crippen LogP contribution in [0.25, 0.3) is 22.2 Å². The summed E-state index contributed by atoms with van der Waals surface area (Å²) < 4.78 is 0. The van der Waals surface area contributed by atoms with Gasteiger partial charge >= 0.3 is 0 Å². The number of carbonyl (C=O) groups is 1. The van der Waals surface area contributed by atoms with Gasteiger partial charge in [0.25, 0.3) is 5.91 Å². The molecule has 0 bridgehead atoms. The van der Waals surface area contributed by atoms with Gasteiger partial charge in [0.2, 0.25) is 0 Å². The third kappa shape index (κ3) is 4.95. The number of hydrogen-bond acceptors (Lipinski definition) is 4. The molecule has 0 unspecified atom stereocenters. The molecule has 4 aromatic rings. The van der Waals surface area contributed by atoms with E-state index in [2.05, 4.69) is 27.3 Å². The van der Waals surface area contributed by atoms with E-state index in [0.29, 0.717) is 12.1 Å². The molecular formula is C26H26N4O. The minimum absolute atomic E-state index is 0.0891. The molecule has 4 rings (SSSR count). The van der Waals surface area contributed by atoms with E-state index in [1.165, 1.54) is 5.56 Å². The molecule has 5 nitrogen and oxygen atoms in total. The third-order valence-corrected chi connectivity index (χ3v) is 5.48. The SMILES string of the molecule is CN(C)[C@H](CNC(=O)c1cc(-c2ccncc2)nc2ccccc12)Cc1ccccc1. The highest BCUT2D eigenvalue weighted by Crippen LogP contribution is 2.24. The second-order valence-electron chi connectivity index (χ2n) is 7.83. The number of fused-ring (bicyclic) bond motifs is 1. The lowest BCUT2D eigenvalue weighted by Gasteiger charge is -2.25. The number of carbonyl (C=O) groups excluding carboxylic acids is 1. The predicted octanol–water partition coefficient (Wildman–Crippen LogP) is 4.20. The Hall–Kier alpha value is -3.57. The number of nitrogens with one attached hydrogen (secondary N) is 1. The summed E-state index contributed by atoms with van der Waals surface area (Å²) in [6.45, 7) is 0.558. The second-order valence-corrected chi connectivity index (χ2v) is 7.83. The summed E-state index contributed by atoms with van der Waals surface area (Å²) in [7, 11) is 4.09. The number of nitrogens with zero attached hydrogens (tertiary/aromatic N) is 3. The first-order valence-electron chi connectivity index (χ1n) is 10.4. The summed E-state index contributed by atoms with van der Waals surface area (Å²) in [6.07, 6.45) is 4.34. The number of para-hydroxylation sites is 1. The number of rotatable bonds is 7. The van der Waals surface area contributed by atoms with Crippen LogP contribution in [-0.2, 0) is 6.42 Å². The average molecular weight is 411 g/mol. The van der Waals surface area contributed by atoms with Gasteiger partial charge in [-0.2, -0.15) is 0 Å². The lowest BCUT2D eigenvalue weighted by molar-refractivity contribution is 0.0943. The zero-order valence-corrected chi connectivity index (χ0v) is 17.8. The number of hydrogen-bond donors (Lipinski definition) is 1. The van der Waals surface area contributed by atoms with Crippen molar-refractivity contribution in [1.29, 1.82) is 0 Å². The molecular weight excluding hydrogens is 384 g/mol. The Morgan fingerprint density at radius 3 is 2.42 bits per heavy atom. The molecule has 156 valence electrons. The van der Waals surface area contributed by atoms with Crippen LogP contribution in [0.1, 0.15) is 15.9 Å². The Balaban J connectivity index is 1.59. The highest BCUT2D eigenvalue weighted by Gasteiger charge is 2.17. The zero-order chi connectivity index (χ0) is 21.6. The van der Waals surface area contributed by atoms with Crippen molar-refractivity contribution in [2.24, 2.45) is 0 Å². The van der Waals surface area contributed by atoms with Crippen LogP contribution < -0.4 is 5.32 Å². The van der Waals surface area contributed by atoms with Crippen LogP contribution in [0.2, 0.25) is 0 Å². The van der Waals surface area contributed by atoms with Crippen molar-refractivity contribution >= 4 is 16.8 Å². The van der Waals surface area contributed by atoms with Gasteiger partial charge in [-0.3, -0.25) is 9.78 Å². The molecule has 1 atom stereocenters. The molecule has 2 aromatic heterocycles. The normalized spacial score (nSPS) is 12.1. The first kappa shape index (κ1) is 20.7. The Labute approximate surface area is 182 Å². The van der Waals surface area contributed by atoms with Crippen LogP contribution >= 0.6 is 0 Å². The van der Waals surface area contributed by atoms with Gasteiger partial charge in [-0.05, 0) is 50.3 Å². The van der Waals surface area contributed by atoms with E-state index in [1.54, 1.807) is 12.4 Å². The molecule has 2 heterocycles. The van der Waals surface area contributed by atoms with E-state index in [0.717, 1.165) is 28.6 Å². The summed E-state index contributed by atoms with van der Waals surface area (Å²) in [6, 6.07) is 24.0. The summed E-state index contributed by atoms with van der Waals surface area (Å²) in [5.74, 6) is -0.0891. The van der Waals surface area contributed by atoms with E-state index in [-0.39, 0.29) is 11.9 Å². The third-order valence-electron chi connectivity index (χ3n) is 5.48. The van der Waals surface area contributed by atoms with Gasteiger partial charge in [0.15, 0.2) is 0 Å². The van der Waals surface area contributed by atoms with E-state index >= 15 is 0 Å². The molecule has 0 aliphatic carbocycles. The Morgan fingerprint density at radius 2 is 1.68 bits per heavy atom. The van der Waals surface area contributed by atoms with Crippen molar-refractivity contribution in [3.63, 3.8) is 0 Å². The standard InChI is InChI=1S/C26H26N4O/c1-30(2)21(16-19-8-4-3-5-9-19)18-28-26(31)23-17-25(20-12-14-27-15-13-20)29-24-11-7-6-10-22(23)24/h3-15,17,21H,16,18H2,1-2H3,(H,28,31)/t21-/m0/s1. The van der Waals surface area contributed by atoms with Gasteiger partial charge < -0.3 is 10.2 Å². The van der Waals surface area contributed by atoms with Crippen LogP contribution in [-0.4, -0.2) is 47.5 Å². The van der Waals surface area contributed by atoms with Crippen molar-refractivity contribution in [2.45, 2.75) is 12.5 Å². The van der Waals surface area contributed by atoms with Gasteiger partial charge in [-0.1, -0.05) is 48.5 Å². The second kappa shape index (κ2) is 9.49. The summed E-state index contributed by atoms with van der Waals surface area (Å²) in [5.41, 5.74) is 4.39. The molecule has 0 saturated carbocycles. The van der Waals surface area contributed by atoms with Gasteiger partial charge in [0.05, 0.1) is 16.8 Å². The quantitative estimate of drug-likeness (QED) is 0.496. The summed E-state index contributed by atoms with van der Waals surface area (Å²) >= 11 is 0. The Kier molecular flexibility index (Phi) is 6.34. The molecule has 2 aromatic carbocycles. The van der Waals surface area contributed by atoms with Gasteiger partial charge in [-0.15, -0.1) is 0 Å². The van der Waals surface area contributed by atoms with E-state index in [9.17, 15) is 4.79 Å². The lowest BCUT2D eigenvalue weighted by Crippen LogP contribution is -2.41. The highest BCUT2D eigenvalue weighted by molar-refractivity contribution is 6.07. The monoisotopic (exact) mass is 410 g/mol. The van der Waals surface area contributed by atoms with E-state index in [4.69, 9.17) is 4.98 Å². The molecule has 0 radical (unpaired) electrons. The number of likely N-dealkylation sites (N-methyl/N-ethyl adjacent to an activating group) is 1. The summed E-state index contributed by atoms with van der Waals surface area (Å²) in [5, 5.41) is 4.00. The predicted molar refractivity (Wildman–Crippen MR) is 125 cm³/mol. The number of aromatic nitrogens is 2. The fourth-order valence-electron chi connectivity index (χ4n) is 3.66. The van der Waals surface area contributed by atoms with Crippen LogP contribution in [0.4, 0.5) is 0 Å². The number of amides is 1.